The molecule has 0 radical (unpaired) electrons. The summed E-state index contributed by atoms with van der Waals surface area (Å²) in [6.45, 7) is 8.62. The predicted octanol–water partition coefficient (Wildman–Crippen LogP) is 0.640. The quantitative estimate of drug-likeness (QED) is 0.681. The molecule has 5 nitrogen and oxygen atoms in total. The molecule has 1 heterocycles. The molecule has 106 valence electrons. The Morgan fingerprint density at radius 1 is 1.28 bits per heavy atom. The summed E-state index contributed by atoms with van der Waals surface area (Å²) in [5.74, 6) is 0.197. The Hall–Kier alpha value is -0.650. The normalized spacial score (nSPS) is 16.9. The highest BCUT2D eigenvalue weighted by atomic mass is 16.5. The molecule has 1 fully saturated rings. The summed E-state index contributed by atoms with van der Waals surface area (Å²) >= 11 is 0. The molecule has 0 atom stereocenters. The van der Waals surface area contributed by atoms with Crippen molar-refractivity contribution < 1.29 is 14.3 Å². The highest BCUT2D eigenvalue weighted by Crippen LogP contribution is 2.12. The van der Waals surface area contributed by atoms with Crippen LogP contribution in [0.2, 0.25) is 0 Å². The van der Waals surface area contributed by atoms with Gasteiger partial charge in [-0.25, -0.2) is 0 Å². The Morgan fingerprint density at radius 3 is 2.56 bits per heavy atom. The van der Waals surface area contributed by atoms with E-state index in [0.29, 0.717) is 19.6 Å². The Balaban J connectivity index is 2.05. The maximum Gasteiger partial charge on any atom is 0.224 e. The van der Waals surface area contributed by atoms with Crippen molar-refractivity contribution >= 4 is 5.91 Å². The van der Waals surface area contributed by atoms with E-state index in [0.717, 1.165) is 32.6 Å². The molecule has 1 aliphatic rings. The summed E-state index contributed by atoms with van der Waals surface area (Å²) in [6, 6.07) is 0. The minimum atomic E-state index is -0.150. The van der Waals surface area contributed by atoms with Crippen molar-refractivity contribution in [1.29, 1.82) is 0 Å². The number of amides is 1. The van der Waals surface area contributed by atoms with Gasteiger partial charge in [-0.1, -0.05) is 0 Å². The van der Waals surface area contributed by atoms with Crippen LogP contribution < -0.4 is 5.32 Å². The van der Waals surface area contributed by atoms with E-state index in [1.54, 1.807) is 7.11 Å². The molecule has 0 aromatic rings. The van der Waals surface area contributed by atoms with E-state index in [-0.39, 0.29) is 11.5 Å². The molecule has 1 rings (SSSR count). The SMILES string of the molecule is COC(C)(C)CCOCCC(=O)N1CCNCC1. The van der Waals surface area contributed by atoms with Crippen LogP contribution >= 0.6 is 0 Å². The molecule has 5 heteroatoms. The summed E-state index contributed by atoms with van der Waals surface area (Å²) in [4.78, 5) is 13.7. The fourth-order valence-electron chi connectivity index (χ4n) is 1.75. The Bertz CT molecular complexity index is 251. The van der Waals surface area contributed by atoms with E-state index in [9.17, 15) is 4.79 Å². The van der Waals surface area contributed by atoms with Crippen LogP contribution in [0.25, 0.3) is 0 Å². The van der Waals surface area contributed by atoms with Gasteiger partial charge < -0.3 is 19.7 Å². The first-order valence-electron chi connectivity index (χ1n) is 6.66. The predicted molar refractivity (Wildman–Crippen MR) is 70.6 cm³/mol. The van der Waals surface area contributed by atoms with Gasteiger partial charge in [0.25, 0.3) is 0 Å². The number of nitrogens with zero attached hydrogens (tertiary/aromatic N) is 1. The molecule has 0 saturated carbocycles. The zero-order valence-corrected chi connectivity index (χ0v) is 11.8. The number of ether oxygens (including phenoxy) is 2. The monoisotopic (exact) mass is 258 g/mol. The maximum atomic E-state index is 11.8. The van der Waals surface area contributed by atoms with Gasteiger partial charge in [0.1, 0.15) is 0 Å². The third-order valence-corrected chi connectivity index (χ3v) is 3.33. The number of carbonyl (C=O) groups excluding carboxylic acids is 1. The average Bonchev–Trinajstić information content (AvgIpc) is 2.39. The largest absolute Gasteiger partial charge is 0.381 e. The van der Waals surface area contributed by atoms with E-state index < -0.39 is 0 Å². The van der Waals surface area contributed by atoms with Crippen molar-refractivity contribution in [2.75, 3.05) is 46.5 Å². The van der Waals surface area contributed by atoms with E-state index in [2.05, 4.69) is 5.32 Å². The van der Waals surface area contributed by atoms with Crippen LogP contribution in [0.4, 0.5) is 0 Å². The van der Waals surface area contributed by atoms with Crippen molar-refractivity contribution in [2.24, 2.45) is 0 Å². The summed E-state index contributed by atoms with van der Waals surface area (Å²) in [6.07, 6.45) is 1.32. The minimum Gasteiger partial charge on any atom is -0.381 e. The lowest BCUT2D eigenvalue weighted by molar-refractivity contribution is -0.133. The number of nitrogens with one attached hydrogen (secondary N) is 1. The molecule has 1 saturated heterocycles. The van der Waals surface area contributed by atoms with E-state index in [1.807, 2.05) is 18.7 Å². The van der Waals surface area contributed by atoms with Gasteiger partial charge in [-0.2, -0.15) is 0 Å². The molecule has 18 heavy (non-hydrogen) atoms. The number of carbonyl (C=O) groups is 1. The lowest BCUT2D eigenvalue weighted by Gasteiger charge is -2.27. The minimum absolute atomic E-state index is 0.150. The summed E-state index contributed by atoms with van der Waals surface area (Å²) in [5, 5.41) is 3.23. The molecule has 1 N–H and O–H groups in total. The van der Waals surface area contributed by atoms with Crippen molar-refractivity contribution in [3.8, 4) is 0 Å². The summed E-state index contributed by atoms with van der Waals surface area (Å²) in [7, 11) is 1.70. The third-order valence-electron chi connectivity index (χ3n) is 3.33. The first-order valence-corrected chi connectivity index (χ1v) is 6.66. The Morgan fingerprint density at radius 2 is 1.94 bits per heavy atom. The lowest BCUT2D eigenvalue weighted by atomic mass is 10.1. The van der Waals surface area contributed by atoms with Crippen LogP contribution in [0.1, 0.15) is 26.7 Å². The second-order valence-corrected chi connectivity index (χ2v) is 5.21. The fraction of sp³-hybridized carbons (Fsp3) is 0.923. The first kappa shape index (κ1) is 15.4. The fourth-order valence-corrected chi connectivity index (χ4v) is 1.75. The zero-order chi connectivity index (χ0) is 13.4. The van der Waals surface area contributed by atoms with Gasteiger partial charge in [0, 0.05) is 39.9 Å². The molecule has 0 aromatic heterocycles. The van der Waals surface area contributed by atoms with Crippen LogP contribution in [0.5, 0.6) is 0 Å². The number of hydrogen-bond acceptors (Lipinski definition) is 4. The van der Waals surface area contributed by atoms with Crippen LogP contribution in [-0.2, 0) is 14.3 Å². The summed E-state index contributed by atoms with van der Waals surface area (Å²) < 4.78 is 10.8. The zero-order valence-electron chi connectivity index (χ0n) is 11.8. The number of rotatable bonds is 7. The maximum absolute atomic E-state index is 11.8. The highest BCUT2D eigenvalue weighted by molar-refractivity contribution is 5.76. The van der Waals surface area contributed by atoms with Crippen molar-refractivity contribution in [1.82, 2.24) is 10.2 Å². The second-order valence-electron chi connectivity index (χ2n) is 5.21. The smallest absolute Gasteiger partial charge is 0.224 e. The van der Waals surface area contributed by atoms with Crippen molar-refractivity contribution in [3.63, 3.8) is 0 Å². The van der Waals surface area contributed by atoms with Gasteiger partial charge in [-0.3, -0.25) is 4.79 Å². The van der Waals surface area contributed by atoms with Crippen LogP contribution in [0.15, 0.2) is 0 Å². The van der Waals surface area contributed by atoms with Crippen molar-refractivity contribution in [3.05, 3.63) is 0 Å². The third kappa shape index (κ3) is 5.80. The molecule has 0 unspecified atom stereocenters. The van der Waals surface area contributed by atoms with E-state index in [4.69, 9.17) is 9.47 Å². The average molecular weight is 258 g/mol. The number of hydrogen-bond donors (Lipinski definition) is 1. The Kier molecular flexibility index (Phi) is 6.60. The topological polar surface area (TPSA) is 50.8 Å². The van der Waals surface area contributed by atoms with Crippen LogP contribution in [0, 0.1) is 0 Å². The van der Waals surface area contributed by atoms with Crippen LogP contribution in [0.3, 0.4) is 0 Å². The highest BCUT2D eigenvalue weighted by Gasteiger charge is 2.17. The van der Waals surface area contributed by atoms with E-state index >= 15 is 0 Å². The van der Waals surface area contributed by atoms with Gasteiger partial charge in [-0.05, 0) is 20.3 Å². The lowest BCUT2D eigenvalue weighted by Crippen LogP contribution is -2.46. The molecular formula is C13H26N2O3. The molecule has 0 aromatic carbocycles. The molecule has 1 amide bonds. The van der Waals surface area contributed by atoms with Gasteiger partial charge in [-0.15, -0.1) is 0 Å². The standard InChI is InChI=1S/C13H26N2O3/c1-13(2,17-3)5-11-18-10-4-12(16)15-8-6-14-7-9-15/h14H,4-11H2,1-3H3. The van der Waals surface area contributed by atoms with Gasteiger partial charge in [0.15, 0.2) is 0 Å². The van der Waals surface area contributed by atoms with E-state index in [1.165, 1.54) is 0 Å². The van der Waals surface area contributed by atoms with Gasteiger partial charge in [0.05, 0.1) is 18.6 Å². The second kappa shape index (κ2) is 7.71. The van der Waals surface area contributed by atoms with Gasteiger partial charge >= 0.3 is 0 Å². The van der Waals surface area contributed by atoms with Crippen molar-refractivity contribution in [2.45, 2.75) is 32.3 Å². The van der Waals surface area contributed by atoms with Crippen LogP contribution in [-0.4, -0.2) is 62.9 Å². The Labute approximate surface area is 110 Å². The molecule has 1 aliphatic heterocycles. The molecule has 0 aliphatic carbocycles. The van der Waals surface area contributed by atoms with Gasteiger partial charge in [0.2, 0.25) is 5.91 Å². The number of methoxy groups -OCH3 is 1. The molecule has 0 bridgehead atoms. The molecular weight excluding hydrogens is 232 g/mol. The first-order chi connectivity index (χ1) is 8.55. The molecule has 0 spiro atoms. The number of piperazine rings is 1. The summed E-state index contributed by atoms with van der Waals surface area (Å²) in [5.41, 5.74) is -0.150.